The highest BCUT2D eigenvalue weighted by Crippen LogP contribution is 2.04. The molecule has 0 bridgehead atoms. The van der Waals surface area contributed by atoms with Gasteiger partial charge < -0.3 is 10.1 Å². The summed E-state index contributed by atoms with van der Waals surface area (Å²) in [6.07, 6.45) is 2.02. The zero-order chi connectivity index (χ0) is 12.4. The fourth-order valence-electron chi connectivity index (χ4n) is 1.46. The molecule has 98 valence electrons. The minimum atomic E-state index is -0.718. The highest BCUT2D eigenvalue weighted by molar-refractivity contribution is 7.85. The molecular formula is C12H27NO2S. The van der Waals surface area contributed by atoms with Crippen molar-refractivity contribution >= 4 is 10.8 Å². The van der Waals surface area contributed by atoms with Crippen molar-refractivity contribution < 1.29 is 8.95 Å². The summed E-state index contributed by atoms with van der Waals surface area (Å²) in [5.74, 6) is 2.06. The van der Waals surface area contributed by atoms with Crippen LogP contribution in [0.15, 0.2) is 0 Å². The molecule has 16 heavy (non-hydrogen) atoms. The minimum Gasteiger partial charge on any atom is -0.385 e. The summed E-state index contributed by atoms with van der Waals surface area (Å²) in [7, 11) is 0.965. The van der Waals surface area contributed by atoms with Gasteiger partial charge in [0.05, 0.1) is 0 Å². The normalized spacial score (nSPS) is 15.3. The summed E-state index contributed by atoms with van der Waals surface area (Å²) in [4.78, 5) is 0. The van der Waals surface area contributed by atoms with Crippen molar-refractivity contribution in [3.8, 4) is 0 Å². The number of rotatable bonds is 10. The average Bonchev–Trinajstić information content (AvgIpc) is 2.24. The monoisotopic (exact) mass is 249 g/mol. The molecule has 0 fully saturated rings. The standard InChI is InChI=1S/C12H27NO2S/c1-5-7-13-12(11(2)3)10-16(14)9-6-8-15-4/h11-13H,5-10H2,1-4H3. The molecule has 1 N–H and O–H groups in total. The maximum atomic E-state index is 11.8. The molecule has 0 aromatic rings. The zero-order valence-electron chi connectivity index (χ0n) is 11.1. The van der Waals surface area contributed by atoms with Crippen LogP contribution in [0.25, 0.3) is 0 Å². The van der Waals surface area contributed by atoms with Gasteiger partial charge in [0.1, 0.15) is 0 Å². The van der Waals surface area contributed by atoms with Gasteiger partial charge in [0.15, 0.2) is 0 Å². The quantitative estimate of drug-likeness (QED) is 0.600. The second-order valence-electron chi connectivity index (χ2n) is 4.46. The van der Waals surface area contributed by atoms with E-state index in [1.165, 1.54) is 0 Å². The van der Waals surface area contributed by atoms with E-state index < -0.39 is 10.8 Å². The van der Waals surface area contributed by atoms with E-state index in [-0.39, 0.29) is 0 Å². The number of nitrogens with one attached hydrogen (secondary N) is 1. The van der Waals surface area contributed by atoms with Crippen molar-refractivity contribution in [1.82, 2.24) is 5.32 Å². The van der Waals surface area contributed by atoms with Gasteiger partial charge in [-0.1, -0.05) is 20.8 Å². The lowest BCUT2D eigenvalue weighted by Crippen LogP contribution is -2.39. The Bertz CT molecular complexity index is 186. The molecule has 0 rings (SSSR count). The van der Waals surface area contributed by atoms with Gasteiger partial charge in [-0.2, -0.15) is 0 Å². The molecule has 2 atom stereocenters. The van der Waals surface area contributed by atoms with Gasteiger partial charge in [0.2, 0.25) is 0 Å². The predicted molar refractivity (Wildman–Crippen MR) is 71.3 cm³/mol. The van der Waals surface area contributed by atoms with Crippen molar-refractivity contribution in [2.75, 3.05) is 31.8 Å². The van der Waals surface area contributed by atoms with Crippen molar-refractivity contribution in [2.45, 2.75) is 39.7 Å². The maximum absolute atomic E-state index is 11.8. The van der Waals surface area contributed by atoms with E-state index in [9.17, 15) is 4.21 Å². The maximum Gasteiger partial charge on any atom is 0.0471 e. The molecular weight excluding hydrogens is 222 g/mol. The highest BCUT2D eigenvalue weighted by Gasteiger charge is 2.15. The van der Waals surface area contributed by atoms with E-state index in [1.54, 1.807) is 7.11 Å². The van der Waals surface area contributed by atoms with Gasteiger partial charge >= 0.3 is 0 Å². The van der Waals surface area contributed by atoms with Crippen LogP contribution in [0.4, 0.5) is 0 Å². The van der Waals surface area contributed by atoms with Gasteiger partial charge in [-0.25, -0.2) is 0 Å². The minimum absolute atomic E-state index is 0.378. The van der Waals surface area contributed by atoms with Gasteiger partial charge in [-0.3, -0.25) is 4.21 Å². The van der Waals surface area contributed by atoms with Gasteiger partial charge in [0, 0.05) is 42.1 Å². The molecule has 0 aliphatic heterocycles. The zero-order valence-corrected chi connectivity index (χ0v) is 11.9. The lowest BCUT2D eigenvalue weighted by atomic mass is 10.1. The number of hydrogen-bond donors (Lipinski definition) is 1. The first-order valence-electron chi connectivity index (χ1n) is 6.19. The van der Waals surface area contributed by atoms with Gasteiger partial charge in [-0.05, 0) is 25.3 Å². The molecule has 4 heteroatoms. The molecule has 0 aromatic heterocycles. The van der Waals surface area contributed by atoms with Crippen LogP contribution in [0, 0.1) is 5.92 Å². The van der Waals surface area contributed by atoms with Crippen LogP contribution < -0.4 is 5.32 Å². The Balaban J connectivity index is 3.83. The summed E-state index contributed by atoms with van der Waals surface area (Å²) >= 11 is 0. The molecule has 0 aromatic carbocycles. The van der Waals surface area contributed by atoms with E-state index in [2.05, 4.69) is 26.1 Å². The Morgan fingerprint density at radius 3 is 2.56 bits per heavy atom. The number of hydrogen-bond acceptors (Lipinski definition) is 3. The molecule has 0 saturated carbocycles. The van der Waals surface area contributed by atoms with Crippen LogP contribution in [-0.2, 0) is 15.5 Å². The van der Waals surface area contributed by atoms with Gasteiger partial charge in [-0.15, -0.1) is 0 Å². The van der Waals surface area contributed by atoms with E-state index in [0.29, 0.717) is 18.6 Å². The fourth-order valence-corrected chi connectivity index (χ4v) is 2.97. The van der Waals surface area contributed by atoms with Crippen LogP contribution in [0.1, 0.15) is 33.6 Å². The highest BCUT2D eigenvalue weighted by atomic mass is 32.2. The third kappa shape index (κ3) is 8.25. The van der Waals surface area contributed by atoms with Crippen molar-refractivity contribution in [3.05, 3.63) is 0 Å². The lowest BCUT2D eigenvalue weighted by Gasteiger charge is -2.21. The van der Waals surface area contributed by atoms with E-state index in [0.717, 1.165) is 30.9 Å². The Labute approximate surface area is 103 Å². The average molecular weight is 249 g/mol. The first-order chi connectivity index (χ1) is 7.61. The summed E-state index contributed by atoms with van der Waals surface area (Å²) in [6, 6.07) is 0.378. The molecule has 0 radical (unpaired) electrons. The topological polar surface area (TPSA) is 38.3 Å². The lowest BCUT2D eigenvalue weighted by molar-refractivity contribution is 0.200. The van der Waals surface area contributed by atoms with Crippen LogP contribution in [0.2, 0.25) is 0 Å². The Kier molecular flexibility index (Phi) is 10.3. The molecule has 0 saturated heterocycles. The van der Waals surface area contributed by atoms with E-state index >= 15 is 0 Å². The first kappa shape index (κ1) is 16.1. The van der Waals surface area contributed by atoms with Crippen LogP contribution in [0.3, 0.4) is 0 Å². The molecule has 2 unspecified atom stereocenters. The summed E-state index contributed by atoms with van der Waals surface area (Å²) in [5.41, 5.74) is 0. The van der Waals surface area contributed by atoms with Gasteiger partial charge in [0.25, 0.3) is 0 Å². The van der Waals surface area contributed by atoms with Crippen LogP contribution >= 0.6 is 0 Å². The van der Waals surface area contributed by atoms with Crippen molar-refractivity contribution in [3.63, 3.8) is 0 Å². The molecule has 0 heterocycles. The second-order valence-corrected chi connectivity index (χ2v) is 6.08. The fraction of sp³-hybridized carbons (Fsp3) is 1.00. The van der Waals surface area contributed by atoms with Crippen LogP contribution in [-0.4, -0.2) is 42.0 Å². The van der Waals surface area contributed by atoms with Crippen LogP contribution in [0.5, 0.6) is 0 Å². The first-order valence-corrected chi connectivity index (χ1v) is 7.67. The Hall–Kier alpha value is 0.0700. The van der Waals surface area contributed by atoms with Crippen molar-refractivity contribution in [1.29, 1.82) is 0 Å². The largest absolute Gasteiger partial charge is 0.385 e. The molecule has 0 aliphatic carbocycles. The molecule has 0 aliphatic rings. The summed E-state index contributed by atoms with van der Waals surface area (Å²) < 4.78 is 16.8. The third-order valence-corrected chi connectivity index (χ3v) is 4.02. The Morgan fingerprint density at radius 2 is 2.06 bits per heavy atom. The summed E-state index contributed by atoms with van der Waals surface area (Å²) in [5, 5.41) is 3.47. The molecule has 0 amide bonds. The van der Waals surface area contributed by atoms with Crippen molar-refractivity contribution in [2.24, 2.45) is 5.92 Å². The predicted octanol–water partition coefficient (Wildman–Crippen LogP) is 1.80. The third-order valence-electron chi connectivity index (χ3n) is 2.55. The Morgan fingerprint density at radius 1 is 1.38 bits per heavy atom. The SMILES string of the molecule is CCCNC(CS(=O)CCCOC)C(C)C. The number of ether oxygens (including phenoxy) is 1. The summed E-state index contributed by atoms with van der Waals surface area (Å²) in [6.45, 7) is 8.23. The molecule has 3 nitrogen and oxygen atoms in total. The smallest absolute Gasteiger partial charge is 0.0471 e. The number of methoxy groups -OCH3 is 1. The second kappa shape index (κ2) is 10.2. The molecule has 0 spiro atoms. The van der Waals surface area contributed by atoms with E-state index in [1.807, 2.05) is 0 Å². The van der Waals surface area contributed by atoms with E-state index in [4.69, 9.17) is 4.74 Å².